The number of hydrogen-bond donors (Lipinski definition) is 1. The van der Waals surface area contributed by atoms with E-state index < -0.39 is 6.10 Å². The second-order valence-electron chi connectivity index (χ2n) is 5.53. The van der Waals surface area contributed by atoms with Gasteiger partial charge in [-0.25, -0.2) is 0 Å². The largest absolute Gasteiger partial charge is 0.485 e. The monoisotopic (exact) mass is 326 g/mol. The minimum Gasteiger partial charge on any atom is -0.485 e. The van der Waals surface area contributed by atoms with Crippen LogP contribution in [0.15, 0.2) is 24.3 Å². The van der Waals surface area contributed by atoms with E-state index in [0.29, 0.717) is 22.1 Å². The fourth-order valence-electron chi connectivity index (χ4n) is 2.95. The van der Waals surface area contributed by atoms with Crippen LogP contribution in [0.5, 0.6) is 11.5 Å². The minimum absolute atomic E-state index is 0.163. The molecular formula is C17H14N2O3S. The number of carbonyl (C=O) groups is 1. The van der Waals surface area contributed by atoms with Crippen LogP contribution in [0.4, 0.5) is 5.00 Å². The van der Waals surface area contributed by atoms with Gasteiger partial charge in [0.05, 0.1) is 5.56 Å². The van der Waals surface area contributed by atoms with Gasteiger partial charge in [-0.15, -0.1) is 11.3 Å². The molecule has 2 heterocycles. The van der Waals surface area contributed by atoms with E-state index in [4.69, 9.17) is 9.47 Å². The third kappa shape index (κ3) is 2.43. The van der Waals surface area contributed by atoms with E-state index in [0.717, 1.165) is 24.8 Å². The van der Waals surface area contributed by atoms with Crippen LogP contribution in [-0.4, -0.2) is 18.6 Å². The molecule has 1 aromatic heterocycles. The quantitative estimate of drug-likeness (QED) is 0.921. The predicted octanol–water partition coefficient (Wildman–Crippen LogP) is 2.89. The van der Waals surface area contributed by atoms with E-state index in [1.165, 1.54) is 16.2 Å². The van der Waals surface area contributed by atoms with Crippen LogP contribution >= 0.6 is 11.3 Å². The molecule has 1 aliphatic carbocycles. The van der Waals surface area contributed by atoms with Crippen molar-refractivity contribution in [2.24, 2.45) is 0 Å². The van der Waals surface area contributed by atoms with Crippen molar-refractivity contribution in [3.05, 3.63) is 40.3 Å². The third-order valence-electron chi connectivity index (χ3n) is 4.07. The summed E-state index contributed by atoms with van der Waals surface area (Å²) in [6.45, 7) is 0.163. The van der Waals surface area contributed by atoms with Gasteiger partial charge in [0.15, 0.2) is 11.5 Å². The minimum atomic E-state index is -0.714. The number of benzene rings is 1. The highest BCUT2D eigenvalue weighted by atomic mass is 32.1. The lowest BCUT2D eigenvalue weighted by molar-refractivity contribution is -0.125. The Morgan fingerprint density at radius 2 is 2.13 bits per heavy atom. The molecule has 1 N–H and O–H groups in total. The van der Waals surface area contributed by atoms with Gasteiger partial charge in [-0.1, -0.05) is 12.1 Å². The van der Waals surface area contributed by atoms with Gasteiger partial charge in [0, 0.05) is 4.88 Å². The van der Waals surface area contributed by atoms with Gasteiger partial charge in [-0.3, -0.25) is 4.79 Å². The van der Waals surface area contributed by atoms with Crippen molar-refractivity contribution < 1.29 is 14.3 Å². The Balaban J connectivity index is 1.53. The number of thiophene rings is 1. The first-order valence-corrected chi connectivity index (χ1v) is 8.32. The van der Waals surface area contributed by atoms with Gasteiger partial charge >= 0.3 is 0 Å². The Morgan fingerprint density at radius 1 is 1.30 bits per heavy atom. The zero-order chi connectivity index (χ0) is 15.8. The molecule has 1 aromatic carbocycles. The number of carbonyl (C=O) groups excluding carboxylic acids is 1. The molecule has 0 bridgehead atoms. The number of fused-ring (bicyclic) bond motifs is 2. The number of rotatable bonds is 2. The first kappa shape index (κ1) is 14.1. The summed E-state index contributed by atoms with van der Waals surface area (Å²) in [4.78, 5) is 13.7. The second kappa shape index (κ2) is 5.60. The van der Waals surface area contributed by atoms with E-state index in [1.54, 1.807) is 12.1 Å². The molecule has 116 valence electrons. The molecule has 1 aliphatic heterocycles. The van der Waals surface area contributed by atoms with Crippen molar-refractivity contribution in [3.8, 4) is 17.6 Å². The summed E-state index contributed by atoms with van der Waals surface area (Å²) < 4.78 is 11.3. The van der Waals surface area contributed by atoms with E-state index in [9.17, 15) is 10.1 Å². The molecule has 1 atom stereocenters. The highest BCUT2D eigenvalue weighted by Gasteiger charge is 2.29. The number of hydrogen-bond acceptors (Lipinski definition) is 5. The molecule has 2 aromatic rings. The Hall–Kier alpha value is -2.52. The molecule has 0 radical (unpaired) electrons. The molecular weight excluding hydrogens is 312 g/mol. The van der Waals surface area contributed by atoms with Crippen molar-refractivity contribution in [2.75, 3.05) is 11.9 Å². The van der Waals surface area contributed by atoms with Crippen LogP contribution in [-0.2, 0) is 17.6 Å². The molecule has 6 heteroatoms. The number of para-hydroxylation sites is 2. The SMILES string of the molecule is N#Cc1c(NC(=O)[C@H]2COc3ccccc3O2)sc2c1CCC2. The van der Waals surface area contributed by atoms with Gasteiger partial charge in [0.1, 0.15) is 17.7 Å². The summed E-state index contributed by atoms with van der Waals surface area (Å²) in [5, 5.41) is 12.8. The smallest absolute Gasteiger partial charge is 0.269 e. The number of anilines is 1. The number of ether oxygens (including phenoxy) is 2. The number of aryl methyl sites for hydroxylation is 1. The maximum Gasteiger partial charge on any atom is 0.269 e. The summed E-state index contributed by atoms with van der Waals surface area (Å²) in [6, 6.07) is 9.49. The summed E-state index contributed by atoms with van der Waals surface area (Å²) in [5.41, 5.74) is 1.70. The lowest BCUT2D eigenvalue weighted by Crippen LogP contribution is -2.40. The van der Waals surface area contributed by atoms with Crippen LogP contribution < -0.4 is 14.8 Å². The average molecular weight is 326 g/mol. The van der Waals surface area contributed by atoms with Crippen LogP contribution in [0.3, 0.4) is 0 Å². The van der Waals surface area contributed by atoms with Gasteiger partial charge in [-0.2, -0.15) is 5.26 Å². The Morgan fingerprint density at radius 3 is 2.96 bits per heavy atom. The normalized spacial score (nSPS) is 18.1. The maximum atomic E-state index is 12.5. The lowest BCUT2D eigenvalue weighted by atomic mass is 10.1. The van der Waals surface area contributed by atoms with Crippen LogP contribution in [0.1, 0.15) is 22.4 Å². The Bertz CT molecular complexity index is 822. The molecule has 0 saturated heterocycles. The topological polar surface area (TPSA) is 71.4 Å². The summed E-state index contributed by atoms with van der Waals surface area (Å²) in [6.07, 6.45) is 2.27. The molecule has 4 rings (SSSR count). The van der Waals surface area contributed by atoms with E-state index in [2.05, 4.69) is 11.4 Å². The van der Waals surface area contributed by atoms with E-state index >= 15 is 0 Å². The van der Waals surface area contributed by atoms with Crippen molar-refractivity contribution in [1.82, 2.24) is 0 Å². The molecule has 1 amide bonds. The molecule has 5 nitrogen and oxygen atoms in total. The van der Waals surface area contributed by atoms with E-state index in [1.807, 2.05) is 12.1 Å². The zero-order valence-corrected chi connectivity index (χ0v) is 13.1. The predicted molar refractivity (Wildman–Crippen MR) is 86.0 cm³/mol. The zero-order valence-electron chi connectivity index (χ0n) is 12.3. The Kier molecular flexibility index (Phi) is 3.43. The van der Waals surface area contributed by atoms with Crippen molar-refractivity contribution in [3.63, 3.8) is 0 Å². The molecule has 0 fully saturated rings. The molecule has 0 unspecified atom stereocenters. The highest BCUT2D eigenvalue weighted by Crippen LogP contribution is 2.39. The van der Waals surface area contributed by atoms with Crippen molar-refractivity contribution >= 4 is 22.2 Å². The fraction of sp³-hybridized carbons (Fsp3) is 0.294. The van der Waals surface area contributed by atoms with E-state index in [-0.39, 0.29) is 12.5 Å². The second-order valence-corrected chi connectivity index (χ2v) is 6.63. The van der Waals surface area contributed by atoms with Gasteiger partial charge in [-0.05, 0) is 37.0 Å². The van der Waals surface area contributed by atoms with Gasteiger partial charge in [0.25, 0.3) is 5.91 Å². The number of amides is 1. The van der Waals surface area contributed by atoms with Crippen LogP contribution in [0.25, 0.3) is 0 Å². The third-order valence-corrected chi connectivity index (χ3v) is 5.28. The molecule has 23 heavy (non-hydrogen) atoms. The van der Waals surface area contributed by atoms with Crippen molar-refractivity contribution in [1.29, 1.82) is 5.26 Å². The molecule has 0 saturated carbocycles. The molecule has 2 aliphatic rings. The number of nitrogens with zero attached hydrogens (tertiary/aromatic N) is 1. The average Bonchev–Trinajstić information content (AvgIpc) is 3.14. The summed E-state index contributed by atoms with van der Waals surface area (Å²) >= 11 is 1.50. The summed E-state index contributed by atoms with van der Waals surface area (Å²) in [5.74, 6) is 0.924. The van der Waals surface area contributed by atoms with Crippen LogP contribution in [0, 0.1) is 11.3 Å². The van der Waals surface area contributed by atoms with Crippen molar-refractivity contribution in [2.45, 2.75) is 25.4 Å². The van der Waals surface area contributed by atoms with Gasteiger partial charge < -0.3 is 14.8 Å². The first-order valence-electron chi connectivity index (χ1n) is 7.50. The fourth-order valence-corrected chi connectivity index (χ4v) is 4.19. The number of nitriles is 1. The standard InChI is InChI=1S/C17H14N2O3S/c18-8-11-10-4-3-7-15(10)23-17(11)19-16(20)14-9-21-12-5-1-2-6-13(12)22-14/h1-2,5-6,14H,3-4,7,9H2,(H,19,20)/t14-/m1/s1. The first-order chi connectivity index (χ1) is 11.3. The number of nitrogens with one attached hydrogen (secondary N) is 1. The van der Waals surface area contributed by atoms with Crippen LogP contribution in [0.2, 0.25) is 0 Å². The Labute approximate surface area is 137 Å². The highest BCUT2D eigenvalue weighted by molar-refractivity contribution is 7.16. The maximum absolute atomic E-state index is 12.5. The van der Waals surface area contributed by atoms with Gasteiger partial charge in [0.2, 0.25) is 6.10 Å². The summed E-state index contributed by atoms with van der Waals surface area (Å²) in [7, 11) is 0. The lowest BCUT2D eigenvalue weighted by Gasteiger charge is -2.25. The molecule has 0 spiro atoms.